The van der Waals surface area contributed by atoms with Gasteiger partial charge in [0, 0.05) is 39.0 Å². The van der Waals surface area contributed by atoms with E-state index >= 15 is 0 Å². The van der Waals surface area contributed by atoms with E-state index < -0.39 is 0 Å². The maximum atomic E-state index is 12.4. The van der Waals surface area contributed by atoms with E-state index in [2.05, 4.69) is 16.0 Å². The lowest BCUT2D eigenvalue weighted by atomic mass is 9.97. The van der Waals surface area contributed by atoms with Gasteiger partial charge in [-0.2, -0.15) is 0 Å². The Morgan fingerprint density at radius 3 is 2.63 bits per heavy atom. The zero-order chi connectivity index (χ0) is 18.8. The summed E-state index contributed by atoms with van der Waals surface area (Å²) in [6, 6.07) is -0.0461. The summed E-state index contributed by atoms with van der Waals surface area (Å²) < 4.78 is 0. The van der Waals surface area contributed by atoms with Crippen molar-refractivity contribution in [3.63, 3.8) is 0 Å². The molecule has 2 unspecified atom stereocenters. The zero-order valence-electron chi connectivity index (χ0n) is 16.4. The van der Waals surface area contributed by atoms with Crippen LogP contribution < -0.4 is 16.0 Å². The van der Waals surface area contributed by atoms with Gasteiger partial charge in [0.2, 0.25) is 17.7 Å². The number of carbonyl (C=O) groups excluding carboxylic acids is 3. The third-order valence-electron chi connectivity index (χ3n) is 5.18. The first-order chi connectivity index (χ1) is 12.6. The summed E-state index contributed by atoms with van der Waals surface area (Å²) in [6.45, 7) is 5.77. The molecule has 0 aromatic heterocycles. The Hall–Kier alpha value is -1.34. The van der Waals surface area contributed by atoms with Gasteiger partial charge in [0.1, 0.15) is 0 Å². The fraction of sp³-hybridized carbons (Fsp3) is 0.842. The molecule has 27 heavy (non-hydrogen) atoms. The van der Waals surface area contributed by atoms with Gasteiger partial charge >= 0.3 is 0 Å². The molecule has 0 spiro atoms. The van der Waals surface area contributed by atoms with Crippen molar-refractivity contribution in [2.45, 2.75) is 64.3 Å². The summed E-state index contributed by atoms with van der Waals surface area (Å²) in [4.78, 5) is 38.0. The van der Waals surface area contributed by atoms with E-state index in [1.54, 1.807) is 0 Å². The number of hydrogen-bond donors (Lipinski definition) is 3. The van der Waals surface area contributed by atoms with E-state index in [9.17, 15) is 14.4 Å². The van der Waals surface area contributed by atoms with Crippen LogP contribution in [0, 0.1) is 5.92 Å². The minimum atomic E-state index is -0.0461. The Kier molecular flexibility index (Phi) is 11.4. The highest BCUT2D eigenvalue weighted by Gasteiger charge is 2.26. The molecule has 0 radical (unpaired) electrons. The topological polar surface area (TPSA) is 90.5 Å². The Balaban J connectivity index is 0.00000364. The van der Waals surface area contributed by atoms with Gasteiger partial charge in [-0.15, -0.1) is 12.4 Å². The van der Waals surface area contributed by atoms with Crippen molar-refractivity contribution in [3.05, 3.63) is 0 Å². The molecule has 0 aromatic carbocycles. The first kappa shape index (κ1) is 23.7. The number of likely N-dealkylation sites (tertiary alicyclic amines) is 1. The first-order valence-corrected chi connectivity index (χ1v) is 10.2. The van der Waals surface area contributed by atoms with Gasteiger partial charge in [-0.25, -0.2) is 0 Å². The van der Waals surface area contributed by atoms with Crippen LogP contribution in [-0.4, -0.2) is 61.4 Å². The first-order valence-electron chi connectivity index (χ1n) is 10.2. The lowest BCUT2D eigenvalue weighted by Crippen LogP contribution is -2.46. The van der Waals surface area contributed by atoms with Crippen LogP contribution in [0.25, 0.3) is 0 Å². The largest absolute Gasteiger partial charge is 0.356 e. The van der Waals surface area contributed by atoms with Crippen LogP contribution >= 0.6 is 12.4 Å². The van der Waals surface area contributed by atoms with Crippen LogP contribution in [0.2, 0.25) is 0 Å². The van der Waals surface area contributed by atoms with E-state index in [0.29, 0.717) is 44.8 Å². The summed E-state index contributed by atoms with van der Waals surface area (Å²) in [6.07, 6.45) is 6.34. The number of hydrogen-bond acceptors (Lipinski definition) is 4. The number of nitrogens with zero attached hydrogens (tertiary/aromatic N) is 1. The molecule has 2 aliphatic heterocycles. The molecule has 7 nitrogen and oxygen atoms in total. The number of nitrogens with one attached hydrogen (secondary N) is 3. The highest BCUT2D eigenvalue weighted by atomic mass is 35.5. The molecule has 2 heterocycles. The van der Waals surface area contributed by atoms with Crippen molar-refractivity contribution in [1.29, 1.82) is 0 Å². The molecule has 0 aromatic rings. The van der Waals surface area contributed by atoms with Crippen LogP contribution in [0.4, 0.5) is 0 Å². The summed E-state index contributed by atoms with van der Waals surface area (Å²) in [7, 11) is 0. The van der Waals surface area contributed by atoms with Gasteiger partial charge in [-0.1, -0.05) is 6.92 Å². The Morgan fingerprint density at radius 2 is 1.93 bits per heavy atom. The Bertz CT molecular complexity index is 484. The van der Waals surface area contributed by atoms with Crippen molar-refractivity contribution in [2.24, 2.45) is 5.92 Å². The van der Waals surface area contributed by atoms with Crippen molar-refractivity contribution in [3.8, 4) is 0 Å². The van der Waals surface area contributed by atoms with Crippen molar-refractivity contribution < 1.29 is 14.4 Å². The highest BCUT2D eigenvalue weighted by Crippen LogP contribution is 2.17. The minimum absolute atomic E-state index is 0. The molecule has 2 fully saturated rings. The van der Waals surface area contributed by atoms with Gasteiger partial charge in [0.05, 0.1) is 6.04 Å². The van der Waals surface area contributed by atoms with Crippen LogP contribution in [0.3, 0.4) is 0 Å². The third-order valence-corrected chi connectivity index (χ3v) is 5.18. The monoisotopic (exact) mass is 402 g/mol. The number of piperidine rings is 1. The van der Waals surface area contributed by atoms with Crippen molar-refractivity contribution in [2.75, 3.05) is 32.7 Å². The Morgan fingerprint density at radius 1 is 1.11 bits per heavy atom. The van der Waals surface area contributed by atoms with Crippen LogP contribution in [0.1, 0.15) is 58.3 Å². The van der Waals surface area contributed by atoms with Crippen molar-refractivity contribution >= 4 is 30.1 Å². The lowest BCUT2D eigenvalue weighted by molar-refractivity contribution is -0.133. The minimum Gasteiger partial charge on any atom is -0.356 e. The molecule has 3 N–H and O–H groups in total. The summed E-state index contributed by atoms with van der Waals surface area (Å²) in [5.41, 5.74) is 0. The molecule has 156 valence electrons. The number of carbonyl (C=O) groups is 3. The predicted octanol–water partition coefficient (Wildman–Crippen LogP) is 1.21. The van der Waals surface area contributed by atoms with E-state index in [1.807, 2.05) is 11.8 Å². The van der Waals surface area contributed by atoms with Crippen LogP contribution in [0.15, 0.2) is 0 Å². The average molecular weight is 403 g/mol. The van der Waals surface area contributed by atoms with E-state index in [0.717, 1.165) is 45.2 Å². The maximum Gasteiger partial charge on any atom is 0.237 e. The second-order valence-electron chi connectivity index (χ2n) is 7.45. The molecule has 3 amide bonds. The van der Waals surface area contributed by atoms with E-state index in [1.165, 1.54) is 0 Å². The molecule has 0 aliphatic carbocycles. The van der Waals surface area contributed by atoms with Crippen LogP contribution in [-0.2, 0) is 14.4 Å². The molecule has 2 rings (SSSR count). The molecule has 0 saturated carbocycles. The second-order valence-corrected chi connectivity index (χ2v) is 7.45. The SMILES string of the molecule is CCCNC(=O)CCCC(=O)N1CCCC(CNC(=O)C2CCCN2)C1.Cl. The fourth-order valence-electron chi connectivity index (χ4n) is 3.65. The van der Waals surface area contributed by atoms with Gasteiger partial charge < -0.3 is 20.9 Å². The molecule has 2 saturated heterocycles. The second kappa shape index (κ2) is 12.9. The number of rotatable bonds is 9. The molecule has 8 heteroatoms. The van der Waals surface area contributed by atoms with Gasteiger partial charge in [-0.3, -0.25) is 14.4 Å². The van der Waals surface area contributed by atoms with Gasteiger partial charge in [-0.05, 0) is 51.0 Å². The normalized spacial score (nSPS) is 22.0. The lowest BCUT2D eigenvalue weighted by Gasteiger charge is -2.33. The third kappa shape index (κ3) is 8.47. The van der Waals surface area contributed by atoms with Crippen LogP contribution in [0.5, 0.6) is 0 Å². The summed E-state index contributed by atoms with van der Waals surface area (Å²) in [5, 5.41) is 9.08. The van der Waals surface area contributed by atoms with Gasteiger partial charge in [0.25, 0.3) is 0 Å². The smallest absolute Gasteiger partial charge is 0.237 e. The molecule has 2 aliphatic rings. The summed E-state index contributed by atoms with van der Waals surface area (Å²) in [5.74, 6) is 0.566. The highest BCUT2D eigenvalue weighted by molar-refractivity contribution is 5.85. The predicted molar refractivity (Wildman–Crippen MR) is 108 cm³/mol. The van der Waals surface area contributed by atoms with Gasteiger partial charge in [0.15, 0.2) is 0 Å². The molecule has 0 bridgehead atoms. The van der Waals surface area contributed by atoms with E-state index in [-0.39, 0.29) is 36.2 Å². The summed E-state index contributed by atoms with van der Waals surface area (Å²) >= 11 is 0. The average Bonchev–Trinajstić information content (AvgIpc) is 3.19. The zero-order valence-corrected chi connectivity index (χ0v) is 17.2. The Labute approximate surface area is 168 Å². The fourth-order valence-corrected chi connectivity index (χ4v) is 3.65. The number of amides is 3. The molecule has 2 atom stereocenters. The molecular weight excluding hydrogens is 368 g/mol. The van der Waals surface area contributed by atoms with Crippen molar-refractivity contribution in [1.82, 2.24) is 20.9 Å². The van der Waals surface area contributed by atoms with E-state index in [4.69, 9.17) is 0 Å². The number of halogens is 1. The molecular formula is C19H35ClN4O3. The quantitative estimate of drug-likeness (QED) is 0.540. The standard InChI is InChI=1S/C19H34N4O3.ClH/c1-2-10-21-17(24)8-3-9-18(25)23-12-5-6-15(14-23)13-22-19(26)16-7-4-11-20-16;/h15-16,20H,2-14H2,1H3,(H,21,24)(H,22,26);1H. The maximum absolute atomic E-state index is 12.4.